The first-order chi connectivity index (χ1) is 6.15. The lowest BCUT2D eigenvalue weighted by atomic mass is 10.1. The van der Waals surface area contributed by atoms with Gasteiger partial charge in [-0.1, -0.05) is 11.6 Å². The lowest BCUT2D eigenvalue weighted by Crippen LogP contribution is -2.07. The fourth-order valence-electron chi connectivity index (χ4n) is 0.985. The molecule has 3 nitrogen and oxygen atoms in total. The first kappa shape index (κ1) is 10.9. The molecule has 0 aliphatic carbocycles. The van der Waals surface area contributed by atoms with Gasteiger partial charge in [0, 0.05) is 16.2 Å². The average molecular weight is 266 g/mol. The van der Waals surface area contributed by atoms with Crippen molar-refractivity contribution >= 4 is 27.5 Å². The van der Waals surface area contributed by atoms with E-state index in [0.29, 0.717) is 23.7 Å². The van der Waals surface area contributed by atoms with Crippen LogP contribution in [0.3, 0.4) is 0 Å². The number of aromatic nitrogens is 1. The van der Waals surface area contributed by atoms with E-state index in [0.717, 1.165) is 4.47 Å². The van der Waals surface area contributed by atoms with Crippen molar-refractivity contribution in [3.05, 3.63) is 27.5 Å². The van der Waals surface area contributed by atoms with Crippen molar-refractivity contribution < 1.29 is 5.11 Å². The summed E-state index contributed by atoms with van der Waals surface area (Å²) in [6, 6.07) is 1.75. The second-order valence-corrected chi connectivity index (χ2v) is 3.90. The molecule has 0 radical (unpaired) electrons. The lowest BCUT2D eigenvalue weighted by Gasteiger charge is -2.10. The number of nitrogens with two attached hydrogens (primary N) is 1. The van der Waals surface area contributed by atoms with E-state index in [4.69, 9.17) is 17.3 Å². The van der Waals surface area contributed by atoms with Gasteiger partial charge in [-0.05, 0) is 35.0 Å². The Balaban J connectivity index is 2.91. The molecule has 0 fully saturated rings. The van der Waals surface area contributed by atoms with Crippen LogP contribution in [0.1, 0.15) is 18.1 Å². The van der Waals surface area contributed by atoms with Gasteiger partial charge < -0.3 is 10.8 Å². The van der Waals surface area contributed by atoms with Crippen LogP contribution >= 0.6 is 27.5 Å². The highest BCUT2D eigenvalue weighted by Gasteiger charge is 2.11. The van der Waals surface area contributed by atoms with Crippen molar-refractivity contribution in [1.29, 1.82) is 0 Å². The van der Waals surface area contributed by atoms with Crippen LogP contribution in [0, 0.1) is 0 Å². The van der Waals surface area contributed by atoms with E-state index >= 15 is 0 Å². The zero-order chi connectivity index (χ0) is 9.84. The number of nitrogens with zero attached hydrogens (tertiary/aromatic N) is 1. The number of aliphatic hydroxyl groups excluding tert-OH is 1. The third-order valence-corrected chi connectivity index (χ3v) is 2.38. The molecule has 1 atom stereocenters. The Labute approximate surface area is 90.1 Å². The molecular formula is C8H10BrClN2O. The van der Waals surface area contributed by atoms with Crippen molar-refractivity contribution in [2.45, 2.75) is 12.5 Å². The molecule has 0 spiro atoms. The molecule has 0 bridgehead atoms. The molecule has 0 aliphatic rings. The van der Waals surface area contributed by atoms with Gasteiger partial charge in [0.2, 0.25) is 0 Å². The summed E-state index contributed by atoms with van der Waals surface area (Å²) in [6.45, 7) is 0.421. The fraction of sp³-hybridized carbons (Fsp3) is 0.375. The van der Waals surface area contributed by atoms with Crippen LogP contribution in [0.4, 0.5) is 0 Å². The van der Waals surface area contributed by atoms with Gasteiger partial charge in [0.05, 0.1) is 6.10 Å². The van der Waals surface area contributed by atoms with E-state index in [9.17, 15) is 5.11 Å². The summed E-state index contributed by atoms with van der Waals surface area (Å²) in [5, 5.41) is 9.92. The molecule has 0 unspecified atom stereocenters. The Morgan fingerprint density at radius 2 is 2.38 bits per heavy atom. The van der Waals surface area contributed by atoms with Crippen molar-refractivity contribution in [2.75, 3.05) is 6.54 Å². The molecule has 0 saturated carbocycles. The molecule has 13 heavy (non-hydrogen) atoms. The molecule has 0 amide bonds. The molecule has 5 heteroatoms. The number of hydrogen-bond donors (Lipinski definition) is 2. The van der Waals surface area contributed by atoms with Crippen LogP contribution in [0.25, 0.3) is 0 Å². The molecule has 3 N–H and O–H groups in total. The smallest absolute Gasteiger partial charge is 0.134 e. The number of pyridine rings is 1. The highest BCUT2D eigenvalue weighted by atomic mass is 79.9. The van der Waals surface area contributed by atoms with E-state index in [1.54, 1.807) is 12.3 Å². The molecule has 0 aromatic carbocycles. The van der Waals surface area contributed by atoms with Gasteiger partial charge >= 0.3 is 0 Å². The maximum absolute atomic E-state index is 9.60. The van der Waals surface area contributed by atoms with Gasteiger partial charge in [0.1, 0.15) is 5.15 Å². The minimum absolute atomic E-state index is 0.323. The Morgan fingerprint density at radius 3 is 3.00 bits per heavy atom. The predicted molar refractivity (Wildman–Crippen MR) is 55.6 cm³/mol. The average Bonchev–Trinajstić information content (AvgIpc) is 2.09. The van der Waals surface area contributed by atoms with E-state index in [2.05, 4.69) is 20.9 Å². The SMILES string of the molecule is NCC[C@@H](O)c1cc(Br)cnc1Cl. The van der Waals surface area contributed by atoms with Crippen molar-refractivity contribution in [3.63, 3.8) is 0 Å². The summed E-state index contributed by atoms with van der Waals surface area (Å²) in [4.78, 5) is 3.90. The normalized spacial score (nSPS) is 12.9. The molecule has 1 aromatic rings. The second kappa shape index (κ2) is 4.91. The number of aliphatic hydroxyl groups is 1. The number of halogens is 2. The highest BCUT2D eigenvalue weighted by molar-refractivity contribution is 9.10. The summed E-state index contributed by atoms with van der Waals surface area (Å²) in [5.74, 6) is 0. The minimum Gasteiger partial charge on any atom is -0.388 e. The van der Waals surface area contributed by atoms with Crippen molar-refractivity contribution in [2.24, 2.45) is 5.73 Å². The quantitative estimate of drug-likeness (QED) is 0.821. The largest absolute Gasteiger partial charge is 0.388 e. The maximum atomic E-state index is 9.60. The van der Waals surface area contributed by atoms with Crippen LogP contribution in [0.2, 0.25) is 5.15 Å². The second-order valence-electron chi connectivity index (χ2n) is 2.63. The van der Waals surface area contributed by atoms with E-state index in [1.807, 2.05) is 0 Å². The van der Waals surface area contributed by atoms with Gasteiger partial charge in [-0.25, -0.2) is 4.98 Å². The topological polar surface area (TPSA) is 59.1 Å². The van der Waals surface area contributed by atoms with Crippen LogP contribution in [0.15, 0.2) is 16.7 Å². The minimum atomic E-state index is -0.637. The zero-order valence-electron chi connectivity index (χ0n) is 6.87. The molecule has 1 heterocycles. The van der Waals surface area contributed by atoms with Gasteiger partial charge in [-0.2, -0.15) is 0 Å². The summed E-state index contributed by atoms with van der Waals surface area (Å²) in [5.41, 5.74) is 5.93. The fourth-order valence-corrected chi connectivity index (χ4v) is 1.56. The Bertz CT molecular complexity index is 295. The number of hydrogen-bond acceptors (Lipinski definition) is 3. The third-order valence-electron chi connectivity index (χ3n) is 1.63. The van der Waals surface area contributed by atoms with Gasteiger partial charge in [-0.3, -0.25) is 0 Å². The third kappa shape index (κ3) is 2.91. The van der Waals surface area contributed by atoms with Crippen molar-refractivity contribution in [1.82, 2.24) is 4.98 Å². The van der Waals surface area contributed by atoms with E-state index in [-0.39, 0.29) is 0 Å². The molecule has 0 aliphatic heterocycles. The van der Waals surface area contributed by atoms with Gasteiger partial charge in [0.15, 0.2) is 0 Å². The predicted octanol–water partition coefficient (Wildman–Crippen LogP) is 1.88. The van der Waals surface area contributed by atoms with E-state index < -0.39 is 6.10 Å². The van der Waals surface area contributed by atoms with Crippen LogP contribution in [0.5, 0.6) is 0 Å². The Kier molecular flexibility index (Phi) is 4.12. The highest BCUT2D eigenvalue weighted by Crippen LogP contribution is 2.25. The standard InChI is InChI=1S/C8H10BrClN2O/c9-5-3-6(7(13)1-2-11)8(10)12-4-5/h3-4,7,13H,1-2,11H2/t7-/m1/s1. The zero-order valence-corrected chi connectivity index (χ0v) is 9.22. The van der Waals surface area contributed by atoms with Gasteiger partial charge in [0.25, 0.3) is 0 Å². The summed E-state index contributed by atoms with van der Waals surface area (Å²) in [6.07, 6.45) is 1.43. The number of rotatable bonds is 3. The first-order valence-electron chi connectivity index (χ1n) is 3.84. The Morgan fingerprint density at radius 1 is 1.69 bits per heavy atom. The summed E-state index contributed by atoms with van der Waals surface area (Å²) >= 11 is 9.05. The molecule has 72 valence electrons. The summed E-state index contributed by atoms with van der Waals surface area (Å²) in [7, 11) is 0. The monoisotopic (exact) mass is 264 g/mol. The van der Waals surface area contributed by atoms with Crippen LogP contribution < -0.4 is 5.73 Å². The molecule has 1 aromatic heterocycles. The molecular weight excluding hydrogens is 255 g/mol. The lowest BCUT2D eigenvalue weighted by molar-refractivity contribution is 0.170. The molecule has 0 saturated heterocycles. The van der Waals surface area contributed by atoms with Crippen LogP contribution in [-0.2, 0) is 0 Å². The van der Waals surface area contributed by atoms with E-state index in [1.165, 1.54) is 0 Å². The molecule has 1 rings (SSSR count). The first-order valence-corrected chi connectivity index (χ1v) is 5.01. The Hall–Kier alpha value is -0.160. The van der Waals surface area contributed by atoms with Gasteiger partial charge in [-0.15, -0.1) is 0 Å². The van der Waals surface area contributed by atoms with Crippen molar-refractivity contribution in [3.8, 4) is 0 Å². The summed E-state index contributed by atoms with van der Waals surface area (Å²) < 4.78 is 0.794. The maximum Gasteiger partial charge on any atom is 0.134 e. The van der Waals surface area contributed by atoms with Crippen LogP contribution in [-0.4, -0.2) is 16.6 Å².